The van der Waals surface area contributed by atoms with E-state index in [2.05, 4.69) is 9.98 Å². The lowest BCUT2D eigenvalue weighted by atomic mass is 9.97. The molecule has 2 aromatic carbocycles. The molecule has 196 valence electrons. The first kappa shape index (κ1) is 25.5. The smallest absolute Gasteiger partial charge is 0.393 e. The highest BCUT2D eigenvalue weighted by molar-refractivity contribution is 6.02. The van der Waals surface area contributed by atoms with E-state index in [4.69, 9.17) is 15.5 Å². The molecule has 0 amide bonds. The maximum Gasteiger partial charge on any atom is 0.393 e. The van der Waals surface area contributed by atoms with Gasteiger partial charge in [0.1, 0.15) is 18.1 Å². The number of alkyl halides is 3. The summed E-state index contributed by atoms with van der Waals surface area (Å²) < 4.78 is 45.9. The molecule has 1 saturated heterocycles. The Labute approximate surface area is 219 Å². The van der Waals surface area contributed by atoms with Crippen molar-refractivity contribution in [2.45, 2.75) is 32.5 Å². The summed E-state index contributed by atoms with van der Waals surface area (Å²) in [5, 5.41) is 0.874. The minimum Gasteiger partial charge on any atom is -0.488 e. The summed E-state index contributed by atoms with van der Waals surface area (Å²) in [7, 11) is 0. The second-order valence-electron chi connectivity index (χ2n) is 9.40. The zero-order valence-corrected chi connectivity index (χ0v) is 20.9. The van der Waals surface area contributed by atoms with Crippen molar-refractivity contribution in [2.75, 3.05) is 18.0 Å². The SMILES string of the molecule is Cc1c(C(N)=Nc2ccc(N3CCCC(C(F)(F)F)C3)cn2)nc2ccccc2c1OCc1ccccc1. The number of amidine groups is 1. The Hall–Kier alpha value is -4.14. The van der Waals surface area contributed by atoms with Crippen molar-refractivity contribution >= 4 is 28.2 Å². The van der Waals surface area contributed by atoms with Gasteiger partial charge >= 0.3 is 6.18 Å². The first-order valence-electron chi connectivity index (χ1n) is 12.5. The van der Waals surface area contributed by atoms with Crippen molar-refractivity contribution in [3.05, 3.63) is 89.7 Å². The highest BCUT2D eigenvalue weighted by Gasteiger charge is 2.41. The van der Waals surface area contributed by atoms with Crippen LogP contribution in [0.4, 0.5) is 24.7 Å². The average molecular weight is 520 g/mol. The zero-order chi connectivity index (χ0) is 26.7. The van der Waals surface area contributed by atoms with Crippen molar-refractivity contribution in [1.82, 2.24) is 9.97 Å². The van der Waals surface area contributed by atoms with Crippen LogP contribution in [-0.2, 0) is 6.61 Å². The van der Waals surface area contributed by atoms with Crippen LogP contribution in [-0.4, -0.2) is 35.1 Å². The van der Waals surface area contributed by atoms with Gasteiger partial charge in [0, 0.05) is 24.0 Å². The van der Waals surface area contributed by atoms with Crippen LogP contribution in [0, 0.1) is 12.8 Å². The van der Waals surface area contributed by atoms with Gasteiger partial charge in [0.15, 0.2) is 11.7 Å². The number of anilines is 1. The Morgan fingerprint density at radius 1 is 1.08 bits per heavy atom. The quantitative estimate of drug-likeness (QED) is 0.238. The van der Waals surface area contributed by atoms with E-state index in [1.807, 2.05) is 61.5 Å². The first-order valence-corrected chi connectivity index (χ1v) is 12.5. The summed E-state index contributed by atoms with van der Waals surface area (Å²) in [5.74, 6) is -0.130. The molecule has 3 heterocycles. The van der Waals surface area contributed by atoms with Crippen LogP contribution in [0.15, 0.2) is 77.9 Å². The van der Waals surface area contributed by atoms with E-state index in [1.54, 1.807) is 23.2 Å². The largest absolute Gasteiger partial charge is 0.488 e. The molecule has 0 spiro atoms. The molecular weight excluding hydrogens is 491 g/mol. The number of nitrogens with zero attached hydrogens (tertiary/aromatic N) is 4. The number of nitrogens with two attached hydrogens (primary N) is 1. The third kappa shape index (κ3) is 5.56. The standard InChI is InChI=1S/C29H28F3N5O/c1-19-26(35-24-12-6-5-11-23(24)27(19)38-18-20-8-3-2-4-9-20)28(33)36-25-14-13-22(16-34-25)37-15-7-10-21(17-37)29(30,31)32/h2-6,8-9,11-14,16,21H,7,10,15,17-18H2,1H3,(H2,33,34,36). The molecule has 0 aliphatic carbocycles. The summed E-state index contributed by atoms with van der Waals surface area (Å²) in [4.78, 5) is 15.3. The molecule has 1 atom stereocenters. The number of pyridine rings is 2. The lowest BCUT2D eigenvalue weighted by Crippen LogP contribution is -2.41. The minimum atomic E-state index is -4.20. The van der Waals surface area contributed by atoms with Crippen molar-refractivity contribution in [1.29, 1.82) is 0 Å². The highest BCUT2D eigenvalue weighted by Crippen LogP contribution is 2.35. The number of hydrogen-bond donors (Lipinski definition) is 1. The second-order valence-corrected chi connectivity index (χ2v) is 9.40. The number of piperidine rings is 1. The summed E-state index contributed by atoms with van der Waals surface area (Å²) in [6.07, 6.45) is -2.01. The van der Waals surface area contributed by atoms with E-state index in [1.165, 1.54) is 0 Å². The van der Waals surface area contributed by atoms with Crippen LogP contribution in [0.1, 0.15) is 29.7 Å². The van der Waals surface area contributed by atoms with Crippen LogP contribution in [0.25, 0.3) is 10.9 Å². The number of rotatable bonds is 6. The van der Waals surface area contributed by atoms with Crippen LogP contribution >= 0.6 is 0 Å². The number of para-hydroxylation sites is 1. The van der Waals surface area contributed by atoms with Gasteiger partial charge in [-0.05, 0) is 49.6 Å². The van der Waals surface area contributed by atoms with Crippen molar-refractivity contribution < 1.29 is 17.9 Å². The third-order valence-corrected chi connectivity index (χ3v) is 6.76. The number of benzene rings is 2. The van der Waals surface area contributed by atoms with Gasteiger partial charge in [0.25, 0.3) is 0 Å². The molecule has 9 heteroatoms. The van der Waals surface area contributed by atoms with E-state index < -0.39 is 12.1 Å². The van der Waals surface area contributed by atoms with Crippen LogP contribution in [0.3, 0.4) is 0 Å². The van der Waals surface area contributed by atoms with E-state index in [9.17, 15) is 13.2 Å². The van der Waals surface area contributed by atoms with Crippen LogP contribution < -0.4 is 15.4 Å². The van der Waals surface area contributed by atoms with Crippen molar-refractivity contribution in [3.63, 3.8) is 0 Å². The van der Waals surface area contributed by atoms with Gasteiger partial charge in [-0.3, -0.25) is 0 Å². The molecule has 2 N–H and O–H groups in total. The van der Waals surface area contributed by atoms with Gasteiger partial charge in [0.2, 0.25) is 0 Å². The Kier molecular flexibility index (Phi) is 7.18. The van der Waals surface area contributed by atoms with Gasteiger partial charge in [-0.1, -0.05) is 42.5 Å². The number of halogens is 3. The lowest BCUT2D eigenvalue weighted by molar-refractivity contribution is -0.175. The van der Waals surface area contributed by atoms with Crippen molar-refractivity contribution in [2.24, 2.45) is 16.6 Å². The molecule has 0 radical (unpaired) electrons. The number of ether oxygens (including phenoxy) is 1. The number of hydrogen-bond acceptors (Lipinski definition) is 5. The molecule has 1 unspecified atom stereocenters. The van der Waals surface area contributed by atoms with Gasteiger partial charge in [0.05, 0.1) is 23.3 Å². The molecule has 5 rings (SSSR count). The molecule has 1 fully saturated rings. The predicted octanol–water partition coefficient (Wildman–Crippen LogP) is 6.33. The fraction of sp³-hybridized carbons (Fsp3) is 0.276. The normalized spacial score (nSPS) is 16.6. The maximum absolute atomic E-state index is 13.2. The maximum atomic E-state index is 13.2. The van der Waals surface area contributed by atoms with E-state index >= 15 is 0 Å². The Bertz CT molecular complexity index is 1440. The van der Waals surface area contributed by atoms with E-state index in [0.29, 0.717) is 42.5 Å². The number of aliphatic imine (C=N–C) groups is 1. The van der Waals surface area contributed by atoms with Crippen molar-refractivity contribution in [3.8, 4) is 5.75 Å². The molecule has 1 aliphatic heterocycles. The molecule has 0 saturated carbocycles. The van der Waals surface area contributed by atoms with Gasteiger partial charge < -0.3 is 15.4 Å². The Balaban J connectivity index is 1.40. The van der Waals surface area contributed by atoms with Crippen LogP contribution in [0.2, 0.25) is 0 Å². The molecule has 2 aromatic heterocycles. The fourth-order valence-electron chi connectivity index (χ4n) is 4.73. The van der Waals surface area contributed by atoms with Gasteiger partial charge in [-0.25, -0.2) is 15.0 Å². The average Bonchev–Trinajstić information content (AvgIpc) is 2.93. The third-order valence-electron chi connectivity index (χ3n) is 6.76. The number of aromatic nitrogens is 2. The summed E-state index contributed by atoms with van der Waals surface area (Å²) in [5.41, 5.74) is 10.0. The molecule has 38 heavy (non-hydrogen) atoms. The fourth-order valence-corrected chi connectivity index (χ4v) is 4.73. The highest BCUT2D eigenvalue weighted by atomic mass is 19.4. The van der Waals surface area contributed by atoms with Crippen LogP contribution in [0.5, 0.6) is 5.75 Å². The van der Waals surface area contributed by atoms with E-state index in [-0.39, 0.29) is 18.8 Å². The lowest BCUT2D eigenvalue weighted by Gasteiger charge is -2.35. The Morgan fingerprint density at radius 2 is 1.84 bits per heavy atom. The Morgan fingerprint density at radius 3 is 2.58 bits per heavy atom. The molecular formula is C29H28F3N5O. The molecule has 4 aromatic rings. The van der Waals surface area contributed by atoms with Gasteiger partial charge in [-0.15, -0.1) is 0 Å². The summed E-state index contributed by atoms with van der Waals surface area (Å²) >= 11 is 0. The minimum absolute atomic E-state index is 0.0676. The molecule has 1 aliphatic rings. The zero-order valence-electron chi connectivity index (χ0n) is 20.9. The first-order chi connectivity index (χ1) is 18.3. The predicted molar refractivity (Wildman–Crippen MR) is 143 cm³/mol. The second kappa shape index (κ2) is 10.7. The van der Waals surface area contributed by atoms with E-state index in [0.717, 1.165) is 22.0 Å². The topological polar surface area (TPSA) is 76.6 Å². The number of fused-ring (bicyclic) bond motifs is 1. The molecule has 6 nitrogen and oxygen atoms in total. The summed E-state index contributed by atoms with van der Waals surface area (Å²) in [6.45, 7) is 2.77. The molecule has 0 bridgehead atoms. The summed E-state index contributed by atoms with van der Waals surface area (Å²) in [6, 6.07) is 20.9. The monoisotopic (exact) mass is 519 g/mol. The van der Waals surface area contributed by atoms with Gasteiger partial charge in [-0.2, -0.15) is 13.2 Å².